The predicted octanol–water partition coefficient (Wildman–Crippen LogP) is 1.61. The first-order valence-corrected chi connectivity index (χ1v) is 5.29. The molecule has 5 nitrogen and oxygen atoms in total. The molecule has 2 aromatic rings. The normalized spacial score (nSPS) is 12.9. The lowest BCUT2D eigenvalue weighted by Gasteiger charge is -2.04. The Bertz CT molecular complexity index is 531. The van der Waals surface area contributed by atoms with E-state index in [9.17, 15) is 8.78 Å². The summed E-state index contributed by atoms with van der Waals surface area (Å²) in [6.45, 7) is 1.81. The minimum absolute atomic E-state index is 0.0406. The highest BCUT2D eigenvalue weighted by Gasteiger charge is 2.21. The molecule has 0 saturated heterocycles. The third-order valence-electron chi connectivity index (χ3n) is 2.26. The van der Waals surface area contributed by atoms with E-state index >= 15 is 0 Å². The number of aliphatic hydroxyl groups excluding tert-OH is 1. The fraction of sp³-hybridized carbons (Fsp3) is 0.364. The van der Waals surface area contributed by atoms with Crippen LogP contribution in [0, 0.1) is 6.92 Å². The van der Waals surface area contributed by atoms with Crippen molar-refractivity contribution < 1.29 is 18.4 Å². The standard InChI is InChI=1S/C11H11F2N3O2/c1-6-3-2-4-7(14-6)11-15-9(18-16-11)5-8(17)10(12)13/h2-4,8,10,17H,5H2,1H3. The maximum Gasteiger partial charge on any atom is 0.264 e. The van der Waals surface area contributed by atoms with Crippen molar-refractivity contribution in [2.45, 2.75) is 25.9 Å². The van der Waals surface area contributed by atoms with Crippen molar-refractivity contribution in [3.8, 4) is 11.5 Å². The molecule has 0 aliphatic heterocycles. The summed E-state index contributed by atoms with van der Waals surface area (Å²) >= 11 is 0. The zero-order valence-corrected chi connectivity index (χ0v) is 9.55. The Hall–Kier alpha value is -1.89. The monoisotopic (exact) mass is 255 g/mol. The molecule has 0 saturated carbocycles. The van der Waals surface area contributed by atoms with Crippen molar-refractivity contribution in [1.29, 1.82) is 0 Å². The second-order valence-corrected chi connectivity index (χ2v) is 3.78. The molecule has 1 atom stereocenters. The Morgan fingerprint density at radius 3 is 2.78 bits per heavy atom. The lowest BCUT2D eigenvalue weighted by atomic mass is 10.2. The Labute approximate surface area is 101 Å². The predicted molar refractivity (Wildman–Crippen MR) is 58.0 cm³/mol. The summed E-state index contributed by atoms with van der Waals surface area (Å²) in [6, 6.07) is 5.28. The van der Waals surface area contributed by atoms with E-state index in [-0.39, 0.29) is 18.1 Å². The summed E-state index contributed by atoms with van der Waals surface area (Å²) in [5, 5.41) is 12.6. The van der Waals surface area contributed by atoms with Gasteiger partial charge in [-0.25, -0.2) is 13.8 Å². The van der Waals surface area contributed by atoms with Crippen LogP contribution in [0.25, 0.3) is 11.5 Å². The van der Waals surface area contributed by atoms with Gasteiger partial charge >= 0.3 is 0 Å². The number of nitrogens with zero attached hydrogens (tertiary/aromatic N) is 3. The topological polar surface area (TPSA) is 72.0 Å². The van der Waals surface area contributed by atoms with Gasteiger partial charge in [0.15, 0.2) is 0 Å². The highest BCUT2D eigenvalue weighted by atomic mass is 19.3. The molecule has 1 N–H and O–H groups in total. The molecule has 0 amide bonds. The van der Waals surface area contributed by atoms with Crippen LogP contribution in [-0.2, 0) is 6.42 Å². The lowest BCUT2D eigenvalue weighted by Crippen LogP contribution is -2.20. The van der Waals surface area contributed by atoms with E-state index in [4.69, 9.17) is 9.63 Å². The third-order valence-corrected chi connectivity index (χ3v) is 2.26. The molecule has 0 aliphatic carbocycles. The van der Waals surface area contributed by atoms with Gasteiger partial charge in [-0.3, -0.25) is 0 Å². The summed E-state index contributed by atoms with van der Waals surface area (Å²) in [7, 11) is 0. The fourth-order valence-corrected chi connectivity index (χ4v) is 1.38. The highest BCUT2D eigenvalue weighted by Crippen LogP contribution is 2.15. The van der Waals surface area contributed by atoms with E-state index < -0.39 is 12.5 Å². The quantitative estimate of drug-likeness (QED) is 0.898. The number of rotatable bonds is 4. The van der Waals surface area contributed by atoms with E-state index in [1.807, 2.05) is 13.0 Å². The van der Waals surface area contributed by atoms with Gasteiger partial charge in [0.25, 0.3) is 6.43 Å². The molecule has 1 unspecified atom stereocenters. The van der Waals surface area contributed by atoms with Gasteiger partial charge in [-0.2, -0.15) is 4.98 Å². The fourth-order valence-electron chi connectivity index (χ4n) is 1.38. The summed E-state index contributed by atoms with van der Waals surface area (Å²) in [6.07, 6.45) is -5.02. The van der Waals surface area contributed by atoms with Crippen LogP contribution in [0.5, 0.6) is 0 Å². The molecule has 2 heterocycles. The first-order valence-electron chi connectivity index (χ1n) is 5.29. The summed E-state index contributed by atoms with van der Waals surface area (Å²) in [5.41, 5.74) is 1.28. The average molecular weight is 255 g/mol. The van der Waals surface area contributed by atoms with Crippen LogP contribution in [0.1, 0.15) is 11.6 Å². The van der Waals surface area contributed by atoms with Crippen LogP contribution in [0.15, 0.2) is 22.7 Å². The number of aromatic nitrogens is 3. The molecule has 2 rings (SSSR count). The van der Waals surface area contributed by atoms with Crippen molar-refractivity contribution >= 4 is 0 Å². The van der Waals surface area contributed by atoms with Gasteiger partial charge in [0.1, 0.15) is 11.8 Å². The molecular formula is C11H11F2N3O2. The maximum absolute atomic E-state index is 12.1. The highest BCUT2D eigenvalue weighted by molar-refractivity contribution is 5.47. The molecule has 0 bridgehead atoms. The molecule has 0 aromatic carbocycles. The number of pyridine rings is 1. The van der Waals surface area contributed by atoms with Crippen LogP contribution in [0.3, 0.4) is 0 Å². The average Bonchev–Trinajstić information content (AvgIpc) is 2.77. The van der Waals surface area contributed by atoms with E-state index in [1.165, 1.54) is 0 Å². The van der Waals surface area contributed by atoms with Crippen LogP contribution in [0.2, 0.25) is 0 Å². The zero-order valence-electron chi connectivity index (χ0n) is 9.55. The SMILES string of the molecule is Cc1cccc(-c2noc(CC(O)C(F)F)n2)n1. The van der Waals surface area contributed by atoms with Crippen molar-refractivity contribution in [3.63, 3.8) is 0 Å². The Morgan fingerprint density at radius 1 is 1.33 bits per heavy atom. The Morgan fingerprint density at radius 2 is 2.11 bits per heavy atom. The third kappa shape index (κ3) is 2.86. The van der Waals surface area contributed by atoms with Gasteiger partial charge in [-0.1, -0.05) is 11.2 Å². The first-order chi connectivity index (χ1) is 8.56. The minimum atomic E-state index is -2.84. The van der Waals surface area contributed by atoms with Gasteiger partial charge in [-0.05, 0) is 19.1 Å². The van der Waals surface area contributed by atoms with Gasteiger partial charge in [0, 0.05) is 5.69 Å². The Balaban J connectivity index is 2.15. The number of hydrogen-bond acceptors (Lipinski definition) is 5. The molecule has 0 fully saturated rings. The molecule has 0 spiro atoms. The summed E-state index contributed by atoms with van der Waals surface area (Å²) in [5.74, 6) is 0.177. The second-order valence-electron chi connectivity index (χ2n) is 3.78. The maximum atomic E-state index is 12.1. The van der Waals surface area contributed by atoms with Crippen LogP contribution in [-0.4, -0.2) is 32.8 Å². The summed E-state index contributed by atoms with van der Waals surface area (Å²) < 4.78 is 29.1. The molecule has 18 heavy (non-hydrogen) atoms. The van der Waals surface area contributed by atoms with Gasteiger partial charge in [-0.15, -0.1) is 0 Å². The van der Waals surface area contributed by atoms with Crippen LogP contribution >= 0.6 is 0 Å². The Kier molecular flexibility index (Phi) is 3.61. The van der Waals surface area contributed by atoms with E-state index in [2.05, 4.69) is 15.1 Å². The first kappa shape index (κ1) is 12.6. The van der Waals surface area contributed by atoms with Crippen LogP contribution < -0.4 is 0 Å². The number of halogens is 2. The number of alkyl halides is 2. The number of hydrogen-bond donors (Lipinski definition) is 1. The van der Waals surface area contributed by atoms with Crippen molar-refractivity contribution in [1.82, 2.24) is 15.1 Å². The second kappa shape index (κ2) is 5.18. The van der Waals surface area contributed by atoms with Crippen LogP contribution in [0.4, 0.5) is 8.78 Å². The molecule has 2 aromatic heterocycles. The molecule has 7 heteroatoms. The van der Waals surface area contributed by atoms with E-state index in [0.29, 0.717) is 5.69 Å². The van der Waals surface area contributed by atoms with Gasteiger partial charge < -0.3 is 9.63 Å². The molecular weight excluding hydrogens is 244 g/mol. The lowest BCUT2D eigenvalue weighted by molar-refractivity contribution is -0.00754. The molecule has 0 aliphatic rings. The number of aliphatic hydroxyl groups is 1. The molecule has 96 valence electrons. The van der Waals surface area contributed by atoms with Gasteiger partial charge in [0.2, 0.25) is 11.7 Å². The van der Waals surface area contributed by atoms with Crippen molar-refractivity contribution in [2.24, 2.45) is 0 Å². The zero-order chi connectivity index (χ0) is 13.1. The smallest absolute Gasteiger partial charge is 0.264 e. The van der Waals surface area contributed by atoms with E-state index in [0.717, 1.165) is 5.69 Å². The van der Waals surface area contributed by atoms with Crippen molar-refractivity contribution in [2.75, 3.05) is 0 Å². The number of aryl methyl sites for hydroxylation is 1. The molecule has 0 radical (unpaired) electrons. The van der Waals surface area contributed by atoms with Crippen molar-refractivity contribution in [3.05, 3.63) is 29.8 Å². The largest absolute Gasteiger partial charge is 0.387 e. The summed E-state index contributed by atoms with van der Waals surface area (Å²) in [4.78, 5) is 8.09. The minimum Gasteiger partial charge on any atom is -0.387 e. The van der Waals surface area contributed by atoms with Gasteiger partial charge in [0.05, 0.1) is 6.42 Å². The van der Waals surface area contributed by atoms with E-state index in [1.54, 1.807) is 12.1 Å².